The van der Waals surface area contributed by atoms with E-state index in [2.05, 4.69) is 158 Å². The first-order chi connectivity index (χ1) is 26.2. The molecule has 0 aliphatic carbocycles. The number of para-hydroxylation sites is 1. The summed E-state index contributed by atoms with van der Waals surface area (Å²) in [5.41, 5.74) is 11.3. The van der Waals surface area contributed by atoms with Crippen LogP contribution in [0.1, 0.15) is 0 Å². The molecule has 0 saturated carbocycles. The second-order valence-corrected chi connectivity index (χ2v) is 13.2. The number of hydrogen-bond acceptors (Lipinski definition) is 4. The minimum atomic E-state index is 0.612. The van der Waals surface area contributed by atoms with E-state index in [-0.39, 0.29) is 0 Å². The van der Waals surface area contributed by atoms with E-state index < -0.39 is 0 Å². The summed E-state index contributed by atoms with van der Waals surface area (Å²) in [6.07, 6.45) is 0. The van der Waals surface area contributed by atoms with E-state index in [1.165, 1.54) is 21.9 Å². The maximum absolute atomic E-state index is 6.22. The zero-order chi connectivity index (χ0) is 35.1. The third-order valence-electron chi connectivity index (χ3n) is 9.96. The normalized spacial score (nSPS) is 11.4. The Hall–Kier alpha value is -7.17. The Morgan fingerprint density at radius 1 is 0.302 bits per heavy atom. The van der Waals surface area contributed by atoms with Crippen LogP contribution in [-0.2, 0) is 0 Å². The molecule has 4 nitrogen and oxygen atoms in total. The molecular formula is C49H31N3O. The van der Waals surface area contributed by atoms with Gasteiger partial charge in [-0.1, -0.05) is 170 Å². The van der Waals surface area contributed by atoms with E-state index in [1.54, 1.807) is 0 Å². The van der Waals surface area contributed by atoms with Crippen LogP contribution >= 0.6 is 0 Å². The first-order valence-corrected chi connectivity index (χ1v) is 17.8. The van der Waals surface area contributed by atoms with Crippen LogP contribution in [-0.4, -0.2) is 15.0 Å². The molecule has 0 atom stereocenters. The van der Waals surface area contributed by atoms with Gasteiger partial charge in [0.1, 0.15) is 11.2 Å². The van der Waals surface area contributed by atoms with Gasteiger partial charge in [-0.15, -0.1) is 0 Å². The number of furan rings is 1. The number of rotatable bonds is 6. The van der Waals surface area contributed by atoms with Gasteiger partial charge in [-0.05, 0) is 62.4 Å². The van der Waals surface area contributed by atoms with E-state index in [1.807, 2.05) is 30.3 Å². The number of fused-ring (bicyclic) bond motifs is 4. The monoisotopic (exact) mass is 677 g/mol. The highest BCUT2D eigenvalue weighted by Gasteiger charge is 2.16. The zero-order valence-electron chi connectivity index (χ0n) is 28.6. The molecule has 0 aliphatic rings. The standard InChI is InChI=1S/C49H31N3O/c1-2-11-32(12-3-1)33-23-27-36(28-24-33)47-50-48(37-29-25-35(26-30-37)41-19-9-14-34-13-4-5-17-40(34)41)52-49(51-47)39-16-8-15-38(31-39)42-20-10-22-45-46(42)43-18-6-7-21-44(43)53-45/h1-31H. The lowest BCUT2D eigenvalue weighted by molar-refractivity contribution is 0.669. The smallest absolute Gasteiger partial charge is 0.164 e. The highest BCUT2D eigenvalue weighted by atomic mass is 16.3. The molecule has 2 aromatic heterocycles. The van der Waals surface area contributed by atoms with Crippen molar-refractivity contribution in [3.8, 4) is 67.5 Å². The Kier molecular flexibility index (Phi) is 7.43. The largest absolute Gasteiger partial charge is 0.456 e. The van der Waals surface area contributed by atoms with Crippen LogP contribution in [0.3, 0.4) is 0 Å². The van der Waals surface area contributed by atoms with Gasteiger partial charge in [0, 0.05) is 27.5 Å². The van der Waals surface area contributed by atoms with Gasteiger partial charge in [0.25, 0.3) is 0 Å². The molecule has 8 aromatic carbocycles. The second-order valence-electron chi connectivity index (χ2n) is 13.2. The summed E-state index contributed by atoms with van der Waals surface area (Å²) >= 11 is 0. The average molecular weight is 678 g/mol. The molecule has 0 unspecified atom stereocenters. The first-order valence-electron chi connectivity index (χ1n) is 17.8. The molecule has 53 heavy (non-hydrogen) atoms. The fourth-order valence-corrected chi connectivity index (χ4v) is 7.32. The molecule has 0 spiro atoms. The van der Waals surface area contributed by atoms with Crippen LogP contribution in [0.25, 0.3) is 100 Å². The Balaban J connectivity index is 1.09. The van der Waals surface area contributed by atoms with Crippen LogP contribution in [0.2, 0.25) is 0 Å². The molecule has 10 aromatic rings. The lowest BCUT2D eigenvalue weighted by Gasteiger charge is -2.11. The summed E-state index contributed by atoms with van der Waals surface area (Å²) < 4.78 is 6.22. The van der Waals surface area contributed by atoms with Gasteiger partial charge in [0.05, 0.1) is 0 Å². The van der Waals surface area contributed by atoms with Gasteiger partial charge in [-0.3, -0.25) is 0 Å². The topological polar surface area (TPSA) is 51.8 Å². The van der Waals surface area contributed by atoms with Crippen molar-refractivity contribution >= 4 is 32.7 Å². The van der Waals surface area contributed by atoms with E-state index in [0.29, 0.717) is 17.5 Å². The fraction of sp³-hybridized carbons (Fsp3) is 0. The van der Waals surface area contributed by atoms with Crippen LogP contribution in [0, 0.1) is 0 Å². The number of aromatic nitrogens is 3. The van der Waals surface area contributed by atoms with Crippen LogP contribution in [0.4, 0.5) is 0 Å². The molecule has 0 amide bonds. The van der Waals surface area contributed by atoms with Crippen molar-refractivity contribution in [2.45, 2.75) is 0 Å². The molecule has 0 radical (unpaired) electrons. The lowest BCUT2D eigenvalue weighted by Crippen LogP contribution is -2.00. The summed E-state index contributed by atoms with van der Waals surface area (Å²) in [5, 5.41) is 4.64. The maximum atomic E-state index is 6.22. The van der Waals surface area contributed by atoms with E-state index in [0.717, 1.165) is 60.9 Å². The van der Waals surface area contributed by atoms with Gasteiger partial charge in [0.2, 0.25) is 0 Å². The summed E-state index contributed by atoms with van der Waals surface area (Å²) in [4.78, 5) is 15.3. The lowest BCUT2D eigenvalue weighted by atomic mass is 9.97. The summed E-state index contributed by atoms with van der Waals surface area (Å²) in [6.45, 7) is 0. The molecule has 0 fully saturated rings. The van der Waals surface area contributed by atoms with E-state index >= 15 is 0 Å². The van der Waals surface area contributed by atoms with Gasteiger partial charge in [-0.2, -0.15) is 0 Å². The van der Waals surface area contributed by atoms with Crippen molar-refractivity contribution in [1.29, 1.82) is 0 Å². The van der Waals surface area contributed by atoms with E-state index in [9.17, 15) is 0 Å². The van der Waals surface area contributed by atoms with Crippen molar-refractivity contribution in [3.05, 3.63) is 188 Å². The predicted molar refractivity (Wildman–Crippen MR) is 217 cm³/mol. The molecule has 4 heteroatoms. The average Bonchev–Trinajstić information content (AvgIpc) is 3.63. The molecule has 0 N–H and O–H groups in total. The zero-order valence-corrected chi connectivity index (χ0v) is 28.6. The van der Waals surface area contributed by atoms with Crippen molar-refractivity contribution in [2.24, 2.45) is 0 Å². The van der Waals surface area contributed by atoms with Crippen LogP contribution in [0.15, 0.2) is 192 Å². The Labute approximate surface area is 306 Å². The van der Waals surface area contributed by atoms with Crippen molar-refractivity contribution in [3.63, 3.8) is 0 Å². The van der Waals surface area contributed by atoms with Gasteiger partial charge in [0.15, 0.2) is 17.5 Å². The van der Waals surface area contributed by atoms with Gasteiger partial charge in [-0.25, -0.2) is 15.0 Å². The Morgan fingerprint density at radius 3 is 1.57 bits per heavy atom. The molecule has 10 rings (SSSR count). The number of hydrogen-bond donors (Lipinski definition) is 0. The SMILES string of the molecule is c1ccc(-c2ccc(-c3nc(-c4ccc(-c5cccc6ccccc56)cc4)nc(-c4cccc(-c5cccc6oc7ccccc7c56)c4)n3)cc2)cc1. The van der Waals surface area contributed by atoms with Crippen molar-refractivity contribution in [2.75, 3.05) is 0 Å². The molecule has 0 bridgehead atoms. The number of benzene rings is 8. The third-order valence-corrected chi connectivity index (χ3v) is 9.96. The summed E-state index contributed by atoms with van der Waals surface area (Å²) in [6, 6.07) is 65.2. The van der Waals surface area contributed by atoms with E-state index in [4.69, 9.17) is 19.4 Å². The molecular weight excluding hydrogens is 647 g/mol. The summed E-state index contributed by atoms with van der Waals surface area (Å²) in [7, 11) is 0. The molecule has 0 saturated heterocycles. The summed E-state index contributed by atoms with van der Waals surface area (Å²) in [5.74, 6) is 1.85. The van der Waals surface area contributed by atoms with Crippen molar-refractivity contribution < 1.29 is 4.42 Å². The molecule has 0 aliphatic heterocycles. The Morgan fingerprint density at radius 2 is 0.792 bits per heavy atom. The molecule has 2 heterocycles. The van der Waals surface area contributed by atoms with Gasteiger partial charge >= 0.3 is 0 Å². The van der Waals surface area contributed by atoms with Crippen molar-refractivity contribution in [1.82, 2.24) is 15.0 Å². The fourth-order valence-electron chi connectivity index (χ4n) is 7.32. The van der Waals surface area contributed by atoms with Crippen LogP contribution < -0.4 is 0 Å². The molecule has 248 valence electrons. The van der Waals surface area contributed by atoms with Crippen LogP contribution in [0.5, 0.6) is 0 Å². The highest BCUT2D eigenvalue weighted by Crippen LogP contribution is 2.38. The number of nitrogens with zero attached hydrogens (tertiary/aromatic N) is 3. The highest BCUT2D eigenvalue weighted by molar-refractivity contribution is 6.12. The first kappa shape index (κ1) is 30.6. The quantitative estimate of drug-likeness (QED) is 0.176. The minimum absolute atomic E-state index is 0.612. The predicted octanol–water partition coefficient (Wildman–Crippen LogP) is 12.9. The second kappa shape index (κ2) is 12.9. The Bertz CT molecular complexity index is 2920. The maximum Gasteiger partial charge on any atom is 0.164 e. The van der Waals surface area contributed by atoms with Gasteiger partial charge < -0.3 is 4.42 Å². The minimum Gasteiger partial charge on any atom is -0.456 e. The third kappa shape index (κ3) is 5.63.